The maximum atomic E-state index is 12.9. The van der Waals surface area contributed by atoms with Crippen LogP contribution >= 0.6 is 15.9 Å². The van der Waals surface area contributed by atoms with Crippen molar-refractivity contribution in [3.8, 4) is 28.5 Å². The highest BCUT2D eigenvalue weighted by atomic mass is 79.9. The van der Waals surface area contributed by atoms with E-state index in [1.54, 1.807) is 0 Å². The summed E-state index contributed by atoms with van der Waals surface area (Å²) in [5, 5.41) is 16.7. The normalized spacial score (nSPS) is 11.4. The van der Waals surface area contributed by atoms with Crippen molar-refractivity contribution in [2.45, 2.75) is 0 Å². The summed E-state index contributed by atoms with van der Waals surface area (Å²) in [6.07, 6.45) is 0. The topological polar surface area (TPSA) is 56.6 Å². The lowest BCUT2D eigenvalue weighted by Crippen LogP contribution is -2.12. The Balaban J connectivity index is 1.71. The molecule has 0 spiro atoms. The molecule has 0 aliphatic heterocycles. The predicted molar refractivity (Wildman–Crippen MR) is 134 cm³/mol. The summed E-state index contributed by atoms with van der Waals surface area (Å²) in [4.78, 5) is 15.8. The van der Waals surface area contributed by atoms with Crippen LogP contribution in [0.4, 0.5) is 0 Å². The number of hydrogen-bond donors (Lipinski definition) is 1. The van der Waals surface area contributed by atoms with E-state index < -0.39 is 0 Å². The first-order valence-corrected chi connectivity index (χ1v) is 11.0. The number of aromatic nitrogens is 1. The van der Waals surface area contributed by atoms with Gasteiger partial charge in [-0.1, -0.05) is 82.7 Å². The summed E-state index contributed by atoms with van der Waals surface area (Å²) in [6.45, 7) is 0. The van der Waals surface area contributed by atoms with Crippen LogP contribution in [-0.2, 0) is 0 Å². The molecule has 0 saturated carbocycles. The number of nitriles is 1. The first-order valence-electron chi connectivity index (χ1n) is 10.2. The number of benzene rings is 5. The van der Waals surface area contributed by atoms with Crippen molar-refractivity contribution in [1.29, 1.82) is 5.26 Å². The molecule has 3 nitrogen and oxygen atoms in total. The van der Waals surface area contributed by atoms with E-state index in [1.807, 2.05) is 36.4 Å². The molecule has 0 aliphatic carbocycles. The average molecular weight is 475 g/mol. The molecule has 6 aromatic rings. The van der Waals surface area contributed by atoms with E-state index in [0.29, 0.717) is 11.3 Å². The quantitative estimate of drug-likeness (QED) is 0.269. The van der Waals surface area contributed by atoms with Crippen molar-refractivity contribution in [2.75, 3.05) is 0 Å². The number of nitrogens with zero attached hydrogens (tertiary/aromatic N) is 1. The van der Waals surface area contributed by atoms with E-state index in [-0.39, 0.29) is 11.1 Å². The van der Waals surface area contributed by atoms with E-state index in [2.05, 4.69) is 75.5 Å². The second kappa shape index (κ2) is 7.05. The minimum atomic E-state index is -0.381. The van der Waals surface area contributed by atoms with Gasteiger partial charge in [-0.15, -0.1) is 0 Å². The molecule has 1 aromatic heterocycles. The summed E-state index contributed by atoms with van der Waals surface area (Å²) >= 11 is 3.45. The summed E-state index contributed by atoms with van der Waals surface area (Å²) < 4.78 is 0.962. The summed E-state index contributed by atoms with van der Waals surface area (Å²) in [6, 6.07) is 30.7. The van der Waals surface area contributed by atoms with Gasteiger partial charge in [-0.2, -0.15) is 5.26 Å². The van der Waals surface area contributed by atoms with Crippen molar-refractivity contribution in [3.05, 3.63) is 105 Å². The Kier molecular flexibility index (Phi) is 4.14. The van der Waals surface area contributed by atoms with Crippen LogP contribution in [0.1, 0.15) is 5.56 Å². The summed E-state index contributed by atoms with van der Waals surface area (Å²) in [5.74, 6) is 0. The van der Waals surface area contributed by atoms with Crippen molar-refractivity contribution >= 4 is 48.2 Å². The molecule has 5 aromatic carbocycles. The Morgan fingerprint density at radius 1 is 0.750 bits per heavy atom. The van der Waals surface area contributed by atoms with E-state index >= 15 is 0 Å². The zero-order valence-corrected chi connectivity index (χ0v) is 18.4. The van der Waals surface area contributed by atoms with E-state index in [1.165, 1.54) is 16.2 Å². The standard InChI is InChI=1S/C28H15BrN2O/c29-20-10-6-16(7-11-20)25-14-23(24(15-30)28(32)31-25)21-12-8-19-5-4-17-2-1-3-18-9-13-22(21)27(19)26(17)18/h1-14H,(H,31,32). The monoisotopic (exact) mass is 474 g/mol. The van der Waals surface area contributed by atoms with E-state index in [0.717, 1.165) is 31.8 Å². The van der Waals surface area contributed by atoms with Crippen LogP contribution in [0.2, 0.25) is 0 Å². The van der Waals surface area contributed by atoms with Crippen LogP contribution in [0, 0.1) is 11.3 Å². The fourth-order valence-corrected chi connectivity index (χ4v) is 4.90. The van der Waals surface area contributed by atoms with Crippen molar-refractivity contribution in [1.82, 2.24) is 4.98 Å². The fraction of sp³-hybridized carbons (Fsp3) is 0. The number of rotatable bonds is 2. The molecule has 0 fully saturated rings. The lowest BCUT2D eigenvalue weighted by Gasteiger charge is -2.15. The highest BCUT2D eigenvalue weighted by Gasteiger charge is 2.17. The highest BCUT2D eigenvalue weighted by Crippen LogP contribution is 2.40. The second-order valence-electron chi connectivity index (χ2n) is 7.89. The first-order chi connectivity index (χ1) is 15.6. The van der Waals surface area contributed by atoms with Gasteiger partial charge in [-0.3, -0.25) is 4.79 Å². The summed E-state index contributed by atoms with van der Waals surface area (Å²) in [7, 11) is 0. The molecule has 0 atom stereocenters. The first kappa shape index (κ1) is 18.8. The van der Waals surface area contributed by atoms with Crippen LogP contribution in [0.25, 0.3) is 54.7 Å². The number of hydrogen-bond acceptors (Lipinski definition) is 2. The molecule has 4 heteroatoms. The number of pyridine rings is 1. The minimum absolute atomic E-state index is 0.126. The predicted octanol–water partition coefficient (Wildman–Crippen LogP) is 7.24. The lowest BCUT2D eigenvalue weighted by atomic mass is 9.88. The Morgan fingerprint density at radius 2 is 1.41 bits per heavy atom. The number of H-pyrrole nitrogens is 1. The Hall–Kier alpha value is -3.94. The Morgan fingerprint density at radius 3 is 2.12 bits per heavy atom. The van der Waals surface area contributed by atoms with Gasteiger partial charge in [0.1, 0.15) is 11.6 Å². The van der Waals surface area contributed by atoms with Crippen LogP contribution < -0.4 is 5.56 Å². The number of nitrogens with one attached hydrogen (secondary N) is 1. The third kappa shape index (κ3) is 2.76. The lowest BCUT2D eigenvalue weighted by molar-refractivity contribution is 1.22. The maximum Gasteiger partial charge on any atom is 0.266 e. The third-order valence-corrected chi connectivity index (χ3v) is 6.65. The van der Waals surface area contributed by atoms with Crippen molar-refractivity contribution in [3.63, 3.8) is 0 Å². The van der Waals surface area contributed by atoms with Gasteiger partial charge in [-0.05, 0) is 61.6 Å². The summed E-state index contributed by atoms with van der Waals surface area (Å²) in [5.41, 5.74) is 2.84. The van der Waals surface area contributed by atoms with Gasteiger partial charge in [0.15, 0.2) is 0 Å². The van der Waals surface area contributed by atoms with Gasteiger partial charge in [0, 0.05) is 15.7 Å². The largest absolute Gasteiger partial charge is 0.321 e. The molecule has 0 amide bonds. The Bertz CT molecular complexity index is 1740. The van der Waals surface area contributed by atoms with Gasteiger partial charge in [0.2, 0.25) is 0 Å². The zero-order valence-electron chi connectivity index (χ0n) is 16.8. The minimum Gasteiger partial charge on any atom is -0.321 e. The molecule has 32 heavy (non-hydrogen) atoms. The van der Waals surface area contributed by atoms with Gasteiger partial charge in [0.05, 0.1) is 0 Å². The number of halogens is 1. The Labute approximate surface area is 192 Å². The molecular weight excluding hydrogens is 460 g/mol. The van der Waals surface area contributed by atoms with E-state index in [4.69, 9.17) is 0 Å². The smallest absolute Gasteiger partial charge is 0.266 e. The van der Waals surface area contributed by atoms with Gasteiger partial charge in [0.25, 0.3) is 5.56 Å². The molecule has 0 bridgehead atoms. The maximum absolute atomic E-state index is 12.9. The fourth-order valence-electron chi connectivity index (χ4n) is 4.64. The molecule has 0 radical (unpaired) electrons. The molecule has 0 aliphatic rings. The van der Waals surface area contributed by atoms with Crippen LogP contribution in [0.15, 0.2) is 94.2 Å². The molecule has 0 unspecified atom stereocenters. The van der Waals surface area contributed by atoms with Gasteiger partial charge in [-0.25, -0.2) is 0 Å². The van der Waals surface area contributed by atoms with Crippen LogP contribution in [0.5, 0.6) is 0 Å². The molecule has 150 valence electrons. The van der Waals surface area contributed by atoms with Crippen molar-refractivity contribution < 1.29 is 0 Å². The number of aromatic amines is 1. The second-order valence-corrected chi connectivity index (χ2v) is 8.80. The molecule has 1 N–H and O–H groups in total. The van der Waals surface area contributed by atoms with Gasteiger partial charge < -0.3 is 4.98 Å². The SMILES string of the molecule is N#Cc1c(-c2ccc3ccc4cccc5ccc2c3c45)cc(-c2ccc(Br)cc2)[nH]c1=O. The molecule has 0 saturated heterocycles. The van der Waals surface area contributed by atoms with Crippen LogP contribution in [-0.4, -0.2) is 4.98 Å². The molecule has 1 heterocycles. The average Bonchev–Trinajstić information content (AvgIpc) is 2.82. The van der Waals surface area contributed by atoms with Gasteiger partial charge >= 0.3 is 0 Å². The highest BCUT2D eigenvalue weighted by molar-refractivity contribution is 9.10. The van der Waals surface area contributed by atoms with Crippen LogP contribution in [0.3, 0.4) is 0 Å². The third-order valence-electron chi connectivity index (χ3n) is 6.12. The van der Waals surface area contributed by atoms with Crippen molar-refractivity contribution in [2.24, 2.45) is 0 Å². The van der Waals surface area contributed by atoms with E-state index in [9.17, 15) is 10.1 Å². The molecular formula is C28H15BrN2O. The molecule has 6 rings (SSSR count). The zero-order chi connectivity index (χ0) is 21.8.